The van der Waals surface area contributed by atoms with Gasteiger partial charge in [0.05, 0.1) is 20.6 Å². The summed E-state index contributed by atoms with van der Waals surface area (Å²) < 4.78 is 35.8. The molecule has 1 aromatic heterocycles. The Balaban J connectivity index is 2.04. The molecule has 6 nitrogen and oxygen atoms in total. The molecule has 2 aromatic rings. The van der Waals surface area contributed by atoms with Crippen LogP contribution in [0.15, 0.2) is 36.5 Å². The Morgan fingerprint density at radius 1 is 1.12 bits per heavy atom. The molecule has 0 fully saturated rings. The van der Waals surface area contributed by atoms with E-state index in [9.17, 15) is 18.4 Å². The first-order chi connectivity index (χ1) is 12.4. The fraction of sp³-hybridized carbons (Fsp3) is 0.278. The van der Waals surface area contributed by atoms with Crippen LogP contribution in [0.2, 0.25) is 0 Å². The van der Waals surface area contributed by atoms with Crippen LogP contribution in [0.3, 0.4) is 0 Å². The van der Waals surface area contributed by atoms with Crippen molar-refractivity contribution < 1.29 is 27.8 Å². The lowest BCUT2D eigenvalue weighted by atomic mass is 10.1. The van der Waals surface area contributed by atoms with Crippen LogP contribution >= 0.6 is 0 Å². The average molecular weight is 364 g/mol. The highest BCUT2D eigenvalue weighted by molar-refractivity contribution is 5.85. The maximum Gasteiger partial charge on any atom is 0.328 e. The first-order valence-electron chi connectivity index (χ1n) is 7.73. The number of ether oxygens (including phenoxy) is 2. The topological polar surface area (TPSA) is 77.5 Å². The third-order valence-electron chi connectivity index (χ3n) is 3.62. The molecule has 0 aliphatic heterocycles. The van der Waals surface area contributed by atoms with Crippen LogP contribution in [-0.2, 0) is 27.2 Å². The highest BCUT2D eigenvalue weighted by atomic mass is 19.2. The van der Waals surface area contributed by atoms with Crippen LogP contribution in [0.25, 0.3) is 0 Å². The molecule has 1 atom stereocenters. The normalized spacial score (nSPS) is 11.5. The number of pyridine rings is 1. The quantitative estimate of drug-likeness (QED) is 0.759. The number of methoxy groups -OCH3 is 2. The molecule has 1 amide bonds. The minimum atomic E-state index is -1.04. The fourth-order valence-corrected chi connectivity index (χ4v) is 2.30. The molecule has 0 unspecified atom stereocenters. The summed E-state index contributed by atoms with van der Waals surface area (Å²) >= 11 is 0. The maximum atomic E-state index is 13.2. The van der Waals surface area contributed by atoms with Crippen LogP contribution in [-0.4, -0.2) is 37.1 Å². The van der Waals surface area contributed by atoms with Gasteiger partial charge in [0, 0.05) is 18.7 Å². The molecule has 0 saturated carbocycles. The lowest BCUT2D eigenvalue weighted by Gasteiger charge is -2.16. The molecule has 0 saturated heterocycles. The Kier molecular flexibility index (Phi) is 6.60. The van der Waals surface area contributed by atoms with E-state index in [2.05, 4.69) is 10.3 Å². The van der Waals surface area contributed by atoms with Crippen molar-refractivity contribution in [3.63, 3.8) is 0 Å². The second kappa shape index (κ2) is 8.89. The van der Waals surface area contributed by atoms with Gasteiger partial charge in [0.2, 0.25) is 11.8 Å². The number of rotatable bonds is 7. The minimum Gasteiger partial charge on any atom is -0.481 e. The highest BCUT2D eigenvalue weighted by Gasteiger charge is 2.22. The van der Waals surface area contributed by atoms with Gasteiger partial charge in [-0.3, -0.25) is 4.79 Å². The number of amides is 1. The van der Waals surface area contributed by atoms with Crippen molar-refractivity contribution in [2.45, 2.75) is 18.9 Å². The number of esters is 1. The summed E-state index contributed by atoms with van der Waals surface area (Å²) in [4.78, 5) is 28.1. The van der Waals surface area contributed by atoms with Crippen LogP contribution < -0.4 is 10.1 Å². The second-order valence-electron chi connectivity index (χ2n) is 5.48. The first-order valence-corrected chi connectivity index (χ1v) is 7.73. The van der Waals surface area contributed by atoms with E-state index in [-0.39, 0.29) is 18.4 Å². The van der Waals surface area contributed by atoms with E-state index in [1.54, 1.807) is 12.1 Å². The van der Waals surface area contributed by atoms with Crippen molar-refractivity contribution in [2.75, 3.05) is 14.2 Å². The van der Waals surface area contributed by atoms with Crippen molar-refractivity contribution in [1.82, 2.24) is 10.3 Å². The van der Waals surface area contributed by atoms with Gasteiger partial charge < -0.3 is 14.8 Å². The van der Waals surface area contributed by atoms with Crippen LogP contribution in [0, 0.1) is 11.6 Å². The third-order valence-corrected chi connectivity index (χ3v) is 3.62. The average Bonchev–Trinajstić information content (AvgIpc) is 2.64. The van der Waals surface area contributed by atoms with E-state index >= 15 is 0 Å². The summed E-state index contributed by atoms with van der Waals surface area (Å²) in [6, 6.07) is 5.59. The molecule has 0 spiro atoms. The third kappa shape index (κ3) is 5.23. The standard InChI is InChI=1S/C18H18F2N2O4/c1-25-17-6-4-12(10-21-17)8-15(18(24)26-2)22-16(23)9-11-3-5-13(19)14(20)7-11/h3-7,10,15H,8-9H2,1-2H3,(H,22,23)/t15-/m0/s1. The fourth-order valence-electron chi connectivity index (χ4n) is 2.30. The summed E-state index contributed by atoms with van der Waals surface area (Å²) in [5, 5.41) is 2.54. The van der Waals surface area contributed by atoms with Crippen molar-refractivity contribution in [2.24, 2.45) is 0 Å². The van der Waals surface area contributed by atoms with Crippen molar-refractivity contribution in [3.05, 3.63) is 59.3 Å². The van der Waals surface area contributed by atoms with E-state index in [0.29, 0.717) is 11.4 Å². The number of aromatic nitrogens is 1. The number of carbonyl (C=O) groups is 2. The lowest BCUT2D eigenvalue weighted by Crippen LogP contribution is -2.43. The minimum absolute atomic E-state index is 0.160. The predicted octanol–water partition coefficient (Wildman–Crippen LogP) is 1.81. The van der Waals surface area contributed by atoms with Crippen molar-refractivity contribution in [3.8, 4) is 5.88 Å². The van der Waals surface area contributed by atoms with Gasteiger partial charge in [0.1, 0.15) is 6.04 Å². The zero-order valence-electron chi connectivity index (χ0n) is 14.3. The van der Waals surface area contributed by atoms with Crippen molar-refractivity contribution >= 4 is 11.9 Å². The zero-order valence-corrected chi connectivity index (χ0v) is 14.3. The summed E-state index contributed by atoms with van der Waals surface area (Å²) in [5.41, 5.74) is 0.977. The lowest BCUT2D eigenvalue weighted by molar-refractivity contribution is -0.145. The molecule has 1 aromatic carbocycles. The van der Waals surface area contributed by atoms with Crippen LogP contribution in [0.1, 0.15) is 11.1 Å². The monoisotopic (exact) mass is 364 g/mol. The van der Waals surface area contributed by atoms with Gasteiger partial charge in [0.15, 0.2) is 11.6 Å². The second-order valence-corrected chi connectivity index (χ2v) is 5.48. The molecular weight excluding hydrogens is 346 g/mol. The summed E-state index contributed by atoms with van der Waals surface area (Å²) in [7, 11) is 2.70. The Morgan fingerprint density at radius 3 is 2.42 bits per heavy atom. The molecule has 8 heteroatoms. The number of benzene rings is 1. The molecule has 0 radical (unpaired) electrons. The van der Waals surface area contributed by atoms with E-state index in [1.807, 2.05) is 0 Å². The number of carbonyl (C=O) groups excluding carboxylic acids is 2. The van der Waals surface area contributed by atoms with Crippen LogP contribution in [0.5, 0.6) is 5.88 Å². The van der Waals surface area contributed by atoms with E-state index < -0.39 is 29.6 Å². The van der Waals surface area contributed by atoms with Gasteiger partial charge in [-0.2, -0.15) is 0 Å². The van der Waals surface area contributed by atoms with Gasteiger partial charge in [-0.1, -0.05) is 12.1 Å². The van der Waals surface area contributed by atoms with E-state index in [4.69, 9.17) is 9.47 Å². The molecule has 0 aliphatic carbocycles. The van der Waals surface area contributed by atoms with Crippen LogP contribution in [0.4, 0.5) is 8.78 Å². The SMILES string of the molecule is COC(=O)[C@H](Cc1ccc(OC)nc1)NC(=O)Cc1ccc(F)c(F)c1. The van der Waals surface area contributed by atoms with Gasteiger partial charge in [0.25, 0.3) is 0 Å². The largest absolute Gasteiger partial charge is 0.481 e. The van der Waals surface area contributed by atoms with Gasteiger partial charge >= 0.3 is 5.97 Å². The molecule has 1 heterocycles. The van der Waals surface area contributed by atoms with Crippen molar-refractivity contribution in [1.29, 1.82) is 0 Å². The number of nitrogens with zero attached hydrogens (tertiary/aromatic N) is 1. The molecule has 0 bridgehead atoms. The summed E-state index contributed by atoms with van der Waals surface area (Å²) in [5.74, 6) is -2.75. The zero-order chi connectivity index (χ0) is 19.1. The van der Waals surface area contributed by atoms with Gasteiger partial charge in [-0.25, -0.2) is 18.6 Å². The van der Waals surface area contributed by atoms with Gasteiger partial charge in [-0.05, 0) is 23.3 Å². The number of nitrogens with one attached hydrogen (secondary N) is 1. The summed E-state index contributed by atoms with van der Waals surface area (Å²) in [6.07, 6.45) is 1.48. The predicted molar refractivity (Wildman–Crippen MR) is 88.5 cm³/mol. The maximum absolute atomic E-state index is 13.2. The number of hydrogen-bond acceptors (Lipinski definition) is 5. The molecule has 138 valence electrons. The summed E-state index contributed by atoms with van der Waals surface area (Å²) in [6.45, 7) is 0. The molecule has 26 heavy (non-hydrogen) atoms. The Bertz CT molecular complexity index is 781. The number of hydrogen-bond donors (Lipinski definition) is 1. The number of halogens is 2. The molecule has 0 aliphatic rings. The Hall–Kier alpha value is -3.03. The van der Waals surface area contributed by atoms with E-state index in [1.165, 1.54) is 26.5 Å². The highest BCUT2D eigenvalue weighted by Crippen LogP contribution is 2.11. The molecule has 2 rings (SSSR count). The smallest absolute Gasteiger partial charge is 0.328 e. The Labute approximate surface area is 149 Å². The van der Waals surface area contributed by atoms with E-state index in [0.717, 1.165) is 12.1 Å². The van der Waals surface area contributed by atoms with Gasteiger partial charge in [-0.15, -0.1) is 0 Å². The molecular formula is C18H18F2N2O4. The first kappa shape index (κ1) is 19.3. The molecule has 1 N–H and O–H groups in total. The Morgan fingerprint density at radius 2 is 1.85 bits per heavy atom.